The van der Waals surface area contributed by atoms with Gasteiger partial charge in [0.1, 0.15) is 11.6 Å². The van der Waals surface area contributed by atoms with Gasteiger partial charge < -0.3 is 5.32 Å². The Balaban J connectivity index is 1.33. The highest BCUT2D eigenvalue weighted by Gasteiger charge is 2.27. The number of benzene rings is 2. The molecule has 0 bridgehead atoms. The number of likely N-dealkylation sites (tertiary alicyclic amines) is 1. The van der Waals surface area contributed by atoms with Crippen LogP contribution in [0.5, 0.6) is 0 Å². The molecule has 8 heteroatoms. The molecule has 6 nitrogen and oxygen atoms in total. The SMILES string of the molecule is Cc1cc(NC(=O)CN2CCC(C(=O)c3ccc(Cl)cc3)CC2)n(-c2ccc(F)cc2)n1. The second kappa shape index (κ2) is 9.63. The summed E-state index contributed by atoms with van der Waals surface area (Å²) in [5.41, 5.74) is 2.08. The minimum absolute atomic E-state index is 0.0435. The number of halogens is 2. The van der Waals surface area contributed by atoms with Crippen molar-refractivity contribution >= 4 is 29.1 Å². The van der Waals surface area contributed by atoms with Crippen LogP contribution in [-0.2, 0) is 4.79 Å². The van der Waals surface area contributed by atoms with Gasteiger partial charge in [-0.2, -0.15) is 5.10 Å². The van der Waals surface area contributed by atoms with Crippen LogP contribution >= 0.6 is 11.6 Å². The zero-order valence-electron chi connectivity index (χ0n) is 17.7. The molecule has 2 aromatic carbocycles. The molecular formula is C24H24ClFN4O2. The largest absolute Gasteiger partial charge is 0.309 e. The van der Waals surface area contributed by atoms with Gasteiger partial charge in [0.15, 0.2) is 5.78 Å². The summed E-state index contributed by atoms with van der Waals surface area (Å²) in [5.74, 6) is 0.131. The average molecular weight is 455 g/mol. The molecule has 32 heavy (non-hydrogen) atoms. The lowest BCUT2D eigenvalue weighted by Gasteiger charge is -2.30. The maximum Gasteiger partial charge on any atom is 0.239 e. The second-order valence-corrected chi connectivity index (χ2v) is 8.47. The van der Waals surface area contributed by atoms with E-state index in [1.165, 1.54) is 12.1 Å². The maximum atomic E-state index is 13.2. The van der Waals surface area contributed by atoms with E-state index in [0.29, 0.717) is 48.0 Å². The lowest BCUT2D eigenvalue weighted by atomic mass is 9.89. The van der Waals surface area contributed by atoms with E-state index in [9.17, 15) is 14.0 Å². The van der Waals surface area contributed by atoms with Crippen molar-refractivity contribution in [3.8, 4) is 5.69 Å². The summed E-state index contributed by atoms with van der Waals surface area (Å²) in [6.07, 6.45) is 1.42. The number of piperidine rings is 1. The van der Waals surface area contributed by atoms with Gasteiger partial charge in [0.25, 0.3) is 0 Å². The molecule has 2 heterocycles. The zero-order valence-corrected chi connectivity index (χ0v) is 18.5. The molecule has 166 valence electrons. The topological polar surface area (TPSA) is 67.2 Å². The van der Waals surface area contributed by atoms with Crippen LogP contribution in [0.3, 0.4) is 0 Å². The highest BCUT2D eigenvalue weighted by atomic mass is 35.5. The minimum atomic E-state index is -0.332. The Bertz CT molecular complexity index is 1100. The van der Waals surface area contributed by atoms with Crippen LogP contribution in [0.1, 0.15) is 28.9 Å². The van der Waals surface area contributed by atoms with E-state index in [1.807, 2.05) is 11.8 Å². The number of anilines is 1. The van der Waals surface area contributed by atoms with Gasteiger partial charge in [0.2, 0.25) is 5.91 Å². The number of ketones is 1. The van der Waals surface area contributed by atoms with E-state index in [2.05, 4.69) is 10.4 Å². The third-order valence-corrected chi connectivity index (χ3v) is 5.88. The molecule has 1 aliphatic heterocycles. The van der Waals surface area contributed by atoms with Crippen molar-refractivity contribution in [1.82, 2.24) is 14.7 Å². The Morgan fingerprint density at radius 2 is 1.75 bits per heavy atom. The predicted octanol–water partition coefficient (Wildman–Crippen LogP) is 4.51. The van der Waals surface area contributed by atoms with Gasteiger partial charge in [0, 0.05) is 22.6 Å². The fraction of sp³-hybridized carbons (Fsp3) is 0.292. The first kappa shape index (κ1) is 22.2. The molecule has 1 amide bonds. The Labute approximate surface area is 191 Å². The Morgan fingerprint density at radius 3 is 2.41 bits per heavy atom. The van der Waals surface area contributed by atoms with Crippen LogP contribution in [0.15, 0.2) is 54.6 Å². The molecule has 1 fully saturated rings. The molecular weight excluding hydrogens is 431 g/mol. The lowest BCUT2D eigenvalue weighted by molar-refractivity contribution is -0.117. The summed E-state index contributed by atoms with van der Waals surface area (Å²) in [6.45, 7) is 3.41. The van der Waals surface area contributed by atoms with Crippen molar-refractivity contribution in [3.63, 3.8) is 0 Å². The fourth-order valence-electron chi connectivity index (χ4n) is 3.96. The number of carbonyl (C=O) groups excluding carboxylic acids is 2. The summed E-state index contributed by atoms with van der Waals surface area (Å²) in [4.78, 5) is 27.4. The molecule has 0 radical (unpaired) electrons. The Hall–Kier alpha value is -3.03. The average Bonchev–Trinajstić information content (AvgIpc) is 3.14. The summed E-state index contributed by atoms with van der Waals surface area (Å²) < 4.78 is 14.8. The first-order chi connectivity index (χ1) is 15.4. The van der Waals surface area contributed by atoms with E-state index in [0.717, 1.165) is 5.69 Å². The Morgan fingerprint density at radius 1 is 1.09 bits per heavy atom. The van der Waals surface area contributed by atoms with Gasteiger partial charge in [-0.1, -0.05) is 11.6 Å². The number of Topliss-reactive ketones (excluding diaryl/α,β-unsaturated/α-hetero) is 1. The highest BCUT2D eigenvalue weighted by Crippen LogP contribution is 2.23. The quantitative estimate of drug-likeness (QED) is 0.556. The number of hydrogen-bond donors (Lipinski definition) is 1. The molecule has 3 aromatic rings. The molecule has 4 rings (SSSR count). The standard InChI is InChI=1S/C24H24ClFN4O2/c1-16-14-22(30(28-16)21-8-6-20(26)7-9-21)27-23(31)15-29-12-10-18(11-13-29)24(32)17-2-4-19(25)5-3-17/h2-9,14,18H,10-13,15H2,1H3,(H,27,31). The molecule has 0 atom stereocenters. The number of aromatic nitrogens is 2. The number of aryl methyl sites for hydroxylation is 1. The molecule has 0 aliphatic carbocycles. The van der Waals surface area contributed by atoms with Crippen LogP contribution < -0.4 is 5.32 Å². The maximum absolute atomic E-state index is 13.2. The lowest BCUT2D eigenvalue weighted by Crippen LogP contribution is -2.41. The first-order valence-electron chi connectivity index (χ1n) is 10.5. The van der Waals surface area contributed by atoms with E-state index in [4.69, 9.17) is 11.6 Å². The normalized spacial score (nSPS) is 15.0. The fourth-order valence-corrected chi connectivity index (χ4v) is 4.08. The third-order valence-electron chi connectivity index (χ3n) is 5.62. The van der Waals surface area contributed by atoms with Gasteiger partial charge >= 0.3 is 0 Å². The number of carbonyl (C=O) groups is 2. The van der Waals surface area contributed by atoms with Crippen molar-refractivity contribution in [2.75, 3.05) is 25.0 Å². The van der Waals surface area contributed by atoms with E-state index in [-0.39, 0.29) is 30.0 Å². The number of hydrogen-bond acceptors (Lipinski definition) is 4. The summed E-state index contributed by atoms with van der Waals surface area (Å²) in [5, 5.41) is 7.91. The molecule has 1 aromatic heterocycles. The van der Waals surface area contributed by atoms with Crippen molar-refractivity contribution in [1.29, 1.82) is 0 Å². The molecule has 1 N–H and O–H groups in total. The monoisotopic (exact) mass is 454 g/mol. The number of amides is 1. The van der Waals surface area contributed by atoms with E-state index < -0.39 is 0 Å². The van der Waals surface area contributed by atoms with Gasteiger partial charge in [-0.3, -0.25) is 14.5 Å². The molecule has 1 saturated heterocycles. The van der Waals surface area contributed by atoms with Gasteiger partial charge in [-0.15, -0.1) is 0 Å². The van der Waals surface area contributed by atoms with Crippen molar-refractivity contribution in [2.45, 2.75) is 19.8 Å². The predicted molar refractivity (Wildman–Crippen MR) is 122 cm³/mol. The summed E-state index contributed by atoms with van der Waals surface area (Å²) >= 11 is 5.90. The summed E-state index contributed by atoms with van der Waals surface area (Å²) in [7, 11) is 0. The van der Waals surface area contributed by atoms with Crippen LogP contribution in [0, 0.1) is 18.7 Å². The van der Waals surface area contributed by atoms with Crippen molar-refractivity contribution in [3.05, 3.63) is 76.7 Å². The van der Waals surface area contributed by atoms with Crippen molar-refractivity contribution in [2.24, 2.45) is 5.92 Å². The van der Waals surface area contributed by atoms with Crippen LogP contribution in [0.25, 0.3) is 5.69 Å². The molecule has 0 spiro atoms. The Kier molecular flexibility index (Phi) is 6.67. The number of nitrogens with one attached hydrogen (secondary N) is 1. The molecule has 0 saturated carbocycles. The van der Waals surface area contributed by atoms with Crippen molar-refractivity contribution < 1.29 is 14.0 Å². The molecule has 1 aliphatic rings. The number of rotatable bonds is 6. The minimum Gasteiger partial charge on any atom is -0.309 e. The van der Waals surface area contributed by atoms with Crippen LogP contribution in [-0.4, -0.2) is 46.0 Å². The van der Waals surface area contributed by atoms with Gasteiger partial charge in [-0.25, -0.2) is 9.07 Å². The van der Waals surface area contributed by atoms with Gasteiger partial charge in [0.05, 0.1) is 17.9 Å². The van der Waals surface area contributed by atoms with E-state index in [1.54, 1.807) is 47.1 Å². The van der Waals surface area contributed by atoms with Crippen LogP contribution in [0.4, 0.5) is 10.2 Å². The second-order valence-electron chi connectivity index (χ2n) is 8.03. The van der Waals surface area contributed by atoms with Gasteiger partial charge in [-0.05, 0) is 81.4 Å². The summed E-state index contributed by atoms with van der Waals surface area (Å²) in [6, 6.07) is 14.7. The number of nitrogens with zero attached hydrogens (tertiary/aromatic N) is 3. The van der Waals surface area contributed by atoms with E-state index >= 15 is 0 Å². The molecule has 0 unspecified atom stereocenters. The first-order valence-corrected chi connectivity index (χ1v) is 10.9. The smallest absolute Gasteiger partial charge is 0.239 e. The third kappa shape index (κ3) is 5.23. The zero-order chi connectivity index (χ0) is 22.7. The highest BCUT2D eigenvalue weighted by molar-refractivity contribution is 6.30. The van der Waals surface area contributed by atoms with Crippen LogP contribution in [0.2, 0.25) is 5.02 Å².